The van der Waals surface area contributed by atoms with Gasteiger partial charge in [-0.1, -0.05) is 30.3 Å². The van der Waals surface area contributed by atoms with Crippen LogP contribution in [-0.4, -0.2) is 65.6 Å². The Hall–Kier alpha value is -2.18. The number of hydrogen-bond acceptors (Lipinski definition) is 4. The normalized spacial score (nSPS) is 20.5. The third-order valence-electron chi connectivity index (χ3n) is 5.66. The number of ether oxygens (including phenoxy) is 1. The monoisotopic (exact) mass is 368 g/mol. The number of imidazole rings is 1. The molecule has 3 heterocycles. The Morgan fingerprint density at radius 3 is 2.96 bits per heavy atom. The van der Waals surface area contributed by atoms with Crippen LogP contribution in [0.15, 0.2) is 30.3 Å². The highest BCUT2D eigenvalue weighted by atomic mass is 16.5. The first-order valence-electron chi connectivity index (χ1n) is 9.88. The van der Waals surface area contributed by atoms with Crippen molar-refractivity contribution < 1.29 is 9.53 Å². The minimum atomic E-state index is 0.105. The van der Waals surface area contributed by atoms with Gasteiger partial charge in [0.15, 0.2) is 0 Å². The number of aromatic amines is 1. The number of nitrogens with one attached hydrogen (secondary N) is 1. The first-order valence-corrected chi connectivity index (χ1v) is 9.88. The lowest BCUT2D eigenvalue weighted by molar-refractivity contribution is -0.138. The fraction of sp³-hybridized carbons (Fsp3) is 0.524. The molecule has 144 valence electrons. The van der Waals surface area contributed by atoms with Gasteiger partial charge in [-0.05, 0) is 19.4 Å². The van der Waals surface area contributed by atoms with E-state index in [1.165, 1.54) is 0 Å². The SMILES string of the molecule is COCCN1CCC[C@H](C(=O)N2CCc3nc(-c4ccccc4)[nH]c3C2)C1. The summed E-state index contributed by atoms with van der Waals surface area (Å²) in [5, 5.41) is 0. The van der Waals surface area contributed by atoms with Gasteiger partial charge in [0, 0.05) is 38.7 Å². The molecular formula is C21H28N4O2. The van der Waals surface area contributed by atoms with E-state index in [0.717, 1.165) is 74.8 Å². The lowest BCUT2D eigenvalue weighted by atomic mass is 9.95. The number of amides is 1. The van der Waals surface area contributed by atoms with Gasteiger partial charge in [-0.3, -0.25) is 4.79 Å². The average molecular weight is 368 g/mol. The van der Waals surface area contributed by atoms with Crippen molar-refractivity contribution in [2.75, 3.05) is 39.9 Å². The van der Waals surface area contributed by atoms with Crippen LogP contribution in [0.5, 0.6) is 0 Å². The minimum Gasteiger partial charge on any atom is -0.383 e. The summed E-state index contributed by atoms with van der Waals surface area (Å²) in [6, 6.07) is 10.2. The molecule has 0 unspecified atom stereocenters. The molecule has 0 aliphatic carbocycles. The van der Waals surface area contributed by atoms with Gasteiger partial charge in [-0.2, -0.15) is 0 Å². The van der Waals surface area contributed by atoms with Gasteiger partial charge in [0.25, 0.3) is 0 Å². The van der Waals surface area contributed by atoms with Crippen LogP contribution < -0.4 is 0 Å². The number of hydrogen-bond donors (Lipinski definition) is 1. The molecule has 6 heteroatoms. The fourth-order valence-corrected chi connectivity index (χ4v) is 4.15. The molecule has 1 amide bonds. The molecule has 0 radical (unpaired) electrons. The number of H-pyrrole nitrogens is 1. The van der Waals surface area contributed by atoms with Gasteiger partial charge in [0.05, 0.1) is 30.5 Å². The van der Waals surface area contributed by atoms with Gasteiger partial charge in [0.2, 0.25) is 5.91 Å². The Morgan fingerprint density at radius 2 is 2.15 bits per heavy atom. The number of fused-ring (bicyclic) bond motifs is 1. The van der Waals surface area contributed by atoms with Crippen LogP contribution in [0.25, 0.3) is 11.4 Å². The Bertz CT molecular complexity index is 774. The fourth-order valence-electron chi connectivity index (χ4n) is 4.15. The summed E-state index contributed by atoms with van der Waals surface area (Å²) >= 11 is 0. The molecule has 1 saturated heterocycles. The largest absolute Gasteiger partial charge is 0.383 e. The summed E-state index contributed by atoms with van der Waals surface area (Å²) in [6.45, 7) is 4.96. The second-order valence-electron chi connectivity index (χ2n) is 7.52. The van der Waals surface area contributed by atoms with E-state index in [2.05, 4.69) is 22.0 Å². The molecule has 27 heavy (non-hydrogen) atoms. The maximum atomic E-state index is 13.1. The molecule has 4 rings (SSSR count). The molecule has 0 saturated carbocycles. The van der Waals surface area contributed by atoms with Crippen molar-refractivity contribution in [1.82, 2.24) is 19.8 Å². The maximum Gasteiger partial charge on any atom is 0.227 e. The zero-order valence-electron chi connectivity index (χ0n) is 16.0. The predicted octanol–water partition coefficient (Wildman–Crippen LogP) is 2.32. The van der Waals surface area contributed by atoms with E-state index in [9.17, 15) is 4.79 Å². The number of likely N-dealkylation sites (tertiary alicyclic amines) is 1. The molecule has 2 aliphatic heterocycles. The molecule has 2 aliphatic rings. The summed E-state index contributed by atoms with van der Waals surface area (Å²) in [6.07, 6.45) is 2.90. The summed E-state index contributed by atoms with van der Waals surface area (Å²) < 4.78 is 5.19. The molecule has 1 fully saturated rings. The number of methoxy groups -OCH3 is 1. The Balaban J connectivity index is 1.42. The van der Waals surface area contributed by atoms with Crippen LogP contribution in [0.1, 0.15) is 24.2 Å². The quantitative estimate of drug-likeness (QED) is 0.880. The Morgan fingerprint density at radius 1 is 1.30 bits per heavy atom. The zero-order valence-corrected chi connectivity index (χ0v) is 16.0. The van der Waals surface area contributed by atoms with Crippen molar-refractivity contribution in [3.8, 4) is 11.4 Å². The van der Waals surface area contributed by atoms with E-state index in [0.29, 0.717) is 12.5 Å². The lowest BCUT2D eigenvalue weighted by Crippen LogP contribution is -2.46. The highest BCUT2D eigenvalue weighted by molar-refractivity contribution is 5.79. The van der Waals surface area contributed by atoms with Gasteiger partial charge >= 0.3 is 0 Å². The predicted molar refractivity (Wildman–Crippen MR) is 104 cm³/mol. The highest BCUT2D eigenvalue weighted by Gasteiger charge is 2.31. The van der Waals surface area contributed by atoms with Crippen LogP contribution >= 0.6 is 0 Å². The molecule has 0 spiro atoms. The molecule has 1 aromatic carbocycles. The first kappa shape index (κ1) is 18.2. The van der Waals surface area contributed by atoms with Gasteiger partial charge < -0.3 is 19.5 Å². The molecule has 1 aromatic heterocycles. The number of nitrogens with zero attached hydrogens (tertiary/aromatic N) is 3. The molecule has 1 N–H and O–H groups in total. The number of piperidine rings is 1. The van der Waals surface area contributed by atoms with Gasteiger partial charge in [-0.15, -0.1) is 0 Å². The van der Waals surface area contributed by atoms with E-state index in [-0.39, 0.29) is 5.92 Å². The number of aromatic nitrogens is 2. The Labute approximate surface area is 160 Å². The Kier molecular flexibility index (Phi) is 5.55. The van der Waals surface area contributed by atoms with Gasteiger partial charge in [-0.25, -0.2) is 4.98 Å². The first-order chi connectivity index (χ1) is 13.2. The maximum absolute atomic E-state index is 13.1. The third kappa shape index (κ3) is 4.06. The molecule has 1 atom stereocenters. The molecule has 6 nitrogen and oxygen atoms in total. The third-order valence-corrected chi connectivity index (χ3v) is 5.66. The zero-order chi connectivity index (χ0) is 18.6. The topological polar surface area (TPSA) is 61.5 Å². The highest BCUT2D eigenvalue weighted by Crippen LogP contribution is 2.25. The van der Waals surface area contributed by atoms with E-state index in [1.54, 1.807) is 7.11 Å². The van der Waals surface area contributed by atoms with Crippen molar-refractivity contribution in [2.24, 2.45) is 5.92 Å². The van der Waals surface area contributed by atoms with E-state index in [4.69, 9.17) is 9.72 Å². The molecule has 2 aromatic rings. The van der Waals surface area contributed by atoms with Crippen molar-refractivity contribution in [1.29, 1.82) is 0 Å². The number of carbonyl (C=O) groups excluding carboxylic acids is 1. The van der Waals surface area contributed by atoms with Crippen LogP contribution in [0, 0.1) is 5.92 Å². The summed E-state index contributed by atoms with van der Waals surface area (Å²) in [5.41, 5.74) is 3.27. The van der Waals surface area contributed by atoms with E-state index in [1.807, 2.05) is 23.1 Å². The van der Waals surface area contributed by atoms with Crippen LogP contribution in [-0.2, 0) is 22.5 Å². The van der Waals surface area contributed by atoms with Crippen molar-refractivity contribution in [2.45, 2.75) is 25.8 Å². The van der Waals surface area contributed by atoms with Crippen LogP contribution in [0.3, 0.4) is 0 Å². The number of rotatable bonds is 5. The second-order valence-corrected chi connectivity index (χ2v) is 7.52. The average Bonchev–Trinajstić information content (AvgIpc) is 3.16. The smallest absolute Gasteiger partial charge is 0.227 e. The van der Waals surface area contributed by atoms with Crippen molar-refractivity contribution in [3.63, 3.8) is 0 Å². The van der Waals surface area contributed by atoms with Gasteiger partial charge in [0.1, 0.15) is 5.82 Å². The second kappa shape index (κ2) is 8.23. The summed E-state index contributed by atoms with van der Waals surface area (Å²) in [7, 11) is 1.73. The van der Waals surface area contributed by atoms with Crippen LogP contribution in [0.2, 0.25) is 0 Å². The standard InChI is InChI=1S/C21H28N4O2/c1-27-13-12-24-10-5-8-17(14-24)21(26)25-11-9-18-19(15-25)23-20(22-18)16-6-3-2-4-7-16/h2-4,6-7,17H,5,8-15H2,1H3,(H,22,23)/t17-/m0/s1. The van der Waals surface area contributed by atoms with E-state index >= 15 is 0 Å². The van der Waals surface area contributed by atoms with E-state index < -0.39 is 0 Å². The number of carbonyl (C=O) groups is 1. The van der Waals surface area contributed by atoms with Crippen LogP contribution in [0.4, 0.5) is 0 Å². The number of benzene rings is 1. The molecular weight excluding hydrogens is 340 g/mol. The van der Waals surface area contributed by atoms with Crippen molar-refractivity contribution >= 4 is 5.91 Å². The summed E-state index contributed by atoms with van der Waals surface area (Å²) in [4.78, 5) is 25.7. The minimum absolute atomic E-state index is 0.105. The lowest BCUT2D eigenvalue weighted by Gasteiger charge is -2.35. The summed E-state index contributed by atoms with van der Waals surface area (Å²) in [5.74, 6) is 1.30. The molecule has 0 bridgehead atoms. The van der Waals surface area contributed by atoms with Crippen molar-refractivity contribution in [3.05, 3.63) is 41.7 Å².